The van der Waals surface area contributed by atoms with E-state index in [4.69, 9.17) is 0 Å². The van der Waals surface area contributed by atoms with E-state index >= 15 is 0 Å². The van der Waals surface area contributed by atoms with Gasteiger partial charge >= 0.3 is 0 Å². The highest BCUT2D eigenvalue weighted by molar-refractivity contribution is 5.86. The van der Waals surface area contributed by atoms with Crippen LogP contribution in [0.5, 0.6) is 0 Å². The zero-order valence-corrected chi connectivity index (χ0v) is 17.1. The predicted octanol–water partition coefficient (Wildman–Crippen LogP) is 3.57. The zero-order chi connectivity index (χ0) is 20.8. The molecule has 1 aliphatic heterocycles. The van der Waals surface area contributed by atoms with Crippen LogP contribution in [0.4, 0.5) is 0 Å². The number of pyridine rings is 1. The Bertz CT molecular complexity index is 1030. The second kappa shape index (κ2) is 9.08. The molecule has 1 aliphatic rings. The molecule has 1 saturated heterocycles. The number of carbonyl (C=O) groups excluding carboxylic acids is 2. The Morgan fingerprint density at radius 2 is 1.90 bits per heavy atom. The summed E-state index contributed by atoms with van der Waals surface area (Å²) < 4.78 is 0. The van der Waals surface area contributed by atoms with E-state index in [0.29, 0.717) is 32.2 Å². The van der Waals surface area contributed by atoms with Crippen molar-refractivity contribution in [2.24, 2.45) is 0 Å². The quantitative estimate of drug-likeness (QED) is 0.606. The minimum absolute atomic E-state index is 0.0179. The second-order valence-electron chi connectivity index (χ2n) is 8.06. The van der Waals surface area contributed by atoms with Gasteiger partial charge in [-0.1, -0.05) is 48.5 Å². The number of fused-ring (bicyclic) bond motifs is 1. The van der Waals surface area contributed by atoms with Crippen molar-refractivity contribution in [3.8, 4) is 0 Å². The number of aromatic nitrogens is 1. The fourth-order valence-electron chi connectivity index (χ4n) is 4.31. The van der Waals surface area contributed by atoms with Crippen LogP contribution in [0.3, 0.4) is 0 Å². The molecule has 2 aromatic carbocycles. The van der Waals surface area contributed by atoms with Gasteiger partial charge in [0.2, 0.25) is 11.8 Å². The molecular weight excluding hydrogens is 374 g/mol. The molecule has 0 spiro atoms. The van der Waals surface area contributed by atoms with E-state index in [0.717, 1.165) is 18.5 Å². The lowest BCUT2D eigenvalue weighted by Gasteiger charge is -2.30. The molecule has 0 bridgehead atoms. The maximum absolute atomic E-state index is 12.4. The van der Waals surface area contributed by atoms with Crippen molar-refractivity contribution in [3.63, 3.8) is 0 Å². The third-order valence-electron chi connectivity index (χ3n) is 5.90. The average molecular weight is 402 g/mol. The number of nitrogens with zero attached hydrogens (tertiary/aromatic N) is 1. The minimum Gasteiger partial charge on any atom is -0.356 e. The summed E-state index contributed by atoms with van der Waals surface area (Å²) in [6, 6.07) is 20.4. The Balaban J connectivity index is 1.39. The number of nitrogens with one attached hydrogen (secondary N) is 2. The van der Waals surface area contributed by atoms with Gasteiger partial charge in [-0.2, -0.15) is 0 Å². The number of carbonyl (C=O) groups is 2. The molecule has 2 heterocycles. The van der Waals surface area contributed by atoms with E-state index in [1.54, 1.807) is 6.20 Å². The molecule has 0 saturated carbocycles. The van der Waals surface area contributed by atoms with Crippen LogP contribution in [0.1, 0.15) is 36.9 Å². The first-order valence-corrected chi connectivity index (χ1v) is 10.6. The molecule has 30 heavy (non-hydrogen) atoms. The molecule has 3 aromatic rings. The van der Waals surface area contributed by atoms with Gasteiger partial charge in [0.25, 0.3) is 0 Å². The van der Waals surface area contributed by atoms with Gasteiger partial charge in [0.05, 0.1) is 0 Å². The maximum atomic E-state index is 12.4. The fourth-order valence-corrected chi connectivity index (χ4v) is 4.31. The van der Waals surface area contributed by atoms with Crippen LogP contribution in [0.2, 0.25) is 0 Å². The maximum Gasteiger partial charge on any atom is 0.220 e. The van der Waals surface area contributed by atoms with Gasteiger partial charge in [-0.05, 0) is 47.7 Å². The summed E-state index contributed by atoms with van der Waals surface area (Å²) in [4.78, 5) is 28.8. The Morgan fingerprint density at radius 3 is 2.70 bits per heavy atom. The van der Waals surface area contributed by atoms with Crippen molar-refractivity contribution in [1.82, 2.24) is 15.6 Å². The zero-order valence-electron chi connectivity index (χ0n) is 17.1. The summed E-state index contributed by atoms with van der Waals surface area (Å²) in [5, 5.41) is 8.58. The van der Waals surface area contributed by atoms with E-state index in [-0.39, 0.29) is 17.4 Å². The largest absolute Gasteiger partial charge is 0.356 e. The summed E-state index contributed by atoms with van der Waals surface area (Å²) in [5.74, 6) is 0.0928. The second-order valence-corrected chi connectivity index (χ2v) is 8.06. The SMILES string of the molecule is O=C(CCC1(Cc2cccc3ccccc23)CCC(=O)N1)NCCc1ccccn1. The Hall–Kier alpha value is -3.21. The van der Waals surface area contributed by atoms with Gasteiger partial charge in [0.15, 0.2) is 0 Å². The molecular formula is C25H27N3O2. The first-order chi connectivity index (χ1) is 14.6. The van der Waals surface area contributed by atoms with E-state index in [1.807, 2.05) is 30.3 Å². The van der Waals surface area contributed by atoms with Crippen LogP contribution in [0.15, 0.2) is 66.9 Å². The number of hydrogen-bond acceptors (Lipinski definition) is 3. The van der Waals surface area contributed by atoms with E-state index in [2.05, 4.69) is 45.9 Å². The third-order valence-corrected chi connectivity index (χ3v) is 5.90. The van der Waals surface area contributed by atoms with Crippen LogP contribution in [-0.4, -0.2) is 28.9 Å². The molecule has 5 heteroatoms. The molecule has 1 unspecified atom stereocenters. The predicted molar refractivity (Wildman–Crippen MR) is 118 cm³/mol. The van der Waals surface area contributed by atoms with Crippen LogP contribution >= 0.6 is 0 Å². The summed E-state index contributed by atoms with van der Waals surface area (Å²) in [6.07, 6.45) is 5.52. The number of amides is 2. The van der Waals surface area contributed by atoms with Crippen molar-refractivity contribution >= 4 is 22.6 Å². The lowest BCUT2D eigenvalue weighted by Crippen LogP contribution is -2.44. The highest BCUT2D eigenvalue weighted by Crippen LogP contribution is 2.32. The number of benzene rings is 2. The Kier molecular flexibility index (Phi) is 6.07. The monoisotopic (exact) mass is 401 g/mol. The summed E-state index contributed by atoms with van der Waals surface area (Å²) in [6.45, 7) is 0.568. The third kappa shape index (κ3) is 4.85. The average Bonchev–Trinajstić information content (AvgIpc) is 3.14. The van der Waals surface area contributed by atoms with E-state index in [9.17, 15) is 9.59 Å². The standard InChI is InChI=1S/C25H27N3O2/c29-23(27-17-13-21-9-3-4-16-26-21)11-14-25(15-12-24(30)28-25)18-20-8-5-7-19-6-1-2-10-22(19)20/h1-10,16H,11-15,17-18H2,(H,27,29)(H,28,30). The van der Waals surface area contributed by atoms with Gasteiger partial charge in [-0.25, -0.2) is 0 Å². The topological polar surface area (TPSA) is 71.1 Å². The number of rotatable bonds is 8. The van der Waals surface area contributed by atoms with Crippen molar-refractivity contribution in [2.45, 2.75) is 44.1 Å². The first-order valence-electron chi connectivity index (χ1n) is 10.6. The summed E-state index contributed by atoms with van der Waals surface area (Å²) in [7, 11) is 0. The molecule has 0 radical (unpaired) electrons. The van der Waals surface area contributed by atoms with Gasteiger partial charge in [0, 0.05) is 43.2 Å². The van der Waals surface area contributed by atoms with Gasteiger partial charge in [-0.3, -0.25) is 14.6 Å². The van der Waals surface area contributed by atoms with Crippen molar-refractivity contribution in [2.75, 3.05) is 6.54 Å². The molecule has 1 fully saturated rings. The normalized spacial score (nSPS) is 18.3. The van der Waals surface area contributed by atoms with Crippen LogP contribution < -0.4 is 10.6 Å². The van der Waals surface area contributed by atoms with Crippen LogP contribution in [0.25, 0.3) is 10.8 Å². The minimum atomic E-state index is -0.362. The summed E-state index contributed by atoms with van der Waals surface area (Å²) in [5.41, 5.74) is 1.82. The number of hydrogen-bond donors (Lipinski definition) is 2. The van der Waals surface area contributed by atoms with Crippen molar-refractivity contribution in [3.05, 3.63) is 78.1 Å². The highest BCUT2D eigenvalue weighted by Gasteiger charge is 2.38. The Labute approximate surface area is 176 Å². The first kappa shape index (κ1) is 20.1. The lowest BCUT2D eigenvalue weighted by atomic mass is 9.83. The van der Waals surface area contributed by atoms with E-state index < -0.39 is 0 Å². The molecule has 1 atom stereocenters. The van der Waals surface area contributed by atoms with Crippen LogP contribution in [0, 0.1) is 0 Å². The fraction of sp³-hybridized carbons (Fsp3) is 0.320. The molecule has 1 aromatic heterocycles. The molecule has 2 amide bonds. The Morgan fingerprint density at radius 1 is 1.07 bits per heavy atom. The van der Waals surface area contributed by atoms with E-state index in [1.165, 1.54) is 16.3 Å². The molecule has 4 rings (SSSR count). The molecule has 154 valence electrons. The van der Waals surface area contributed by atoms with Gasteiger partial charge in [-0.15, -0.1) is 0 Å². The van der Waals surface area contributed by atoms with Crippen molar-refractivity contribution in [1.29, 1.82) is 0 Å². The lowest BCUT2D eigenvalue weighted by molar-refractivity contribution is -0.122. The van der Waals surface area contributed by atoms with Gasteiger partial charge in [0.1, 0.15) is 0 Å². The van der Waals surface area contributed by atoms with Crippen molar-refractivity contribution < 1.29 is 9.59 Å². The van der Waals surface area contributed by atoms with Gasteiger partial charge < -0.3 is 10.6 Å². The summed E-state index contributed by atoms with van der Waals surface area (Å²) >= 11 is 0. The smallest absolute Gasteiger partial charge is 0.220 e. The molecule has 2 N–H and O–H groups in total. The highest BCUT2D eigenvalue weighted by atomic mass is 16.2. The molecule has 5 nitrogen and oxygen atoms in total. The van der Waals surface area contributed by atoms with Crippen LogP contribution in [-0.2, 0) is 22.4 Å². The molecule has 0 aliphatic carbocycles.